The number of halogens is 1. The van der Waals surface area contributed by atoms with Crippen molar-refractivity contribution in [2.45, 2.75) is 11.8 Å². The van der Waals surface area contributed by atoms with Gasteiger partial charge in [-0.05, 0) is 47.9 Å². The number of allylic oxidation sites excluding steroid dienone is 1. The number of carboxylic acids is 1. The average molecular weight is 381 g/mol. The third kappa shape index (κ3) is 4.21. The van der Waals surface area contributed by atoms with Gasteiger partial charge in [-0.1, -0.05) is 29.8 Å². The van der Waals surface area contributed by atoms with E-state index in [-0.39, 0.29) is 10.5 Å². The molecule has 5 nitrogen and oxygen atoms in total. The molecule has 0 atom stereocenters. The van der Waals surface area contributed by atoms with Gasteiger partial charge in [0.25, 0.3) is 0 Å². The van der Waals surface area contributed by atoms with Crippen molar-refractivity contribution < 1.29 is 23.1 Å². The van der Waals surface area contributed by atoms with Crippen LogP contribution in [0.1, 0.15) is 18.1 Å². The fraction of sp³-hybridized carbons (Fsp3) is 0.167. The van der Waals surface area contributed by atoms with Gasteiger partial charge in [0.1, 0.15) is 5.75 Å². The maximum absolute atomic E-state index is 11.8. The minimum Gasteiger partial charge on any atom is -0.495 e. The highest BCUT2D eigenvalue weighted by Gasteiger charge is 2.17. The van der Waals surface area contributed by atoms with Crippen molar-refractivity contribution in [2.75, 3.05) is 13.4 Å². The number of hydrogen-bond acceptors (Lipinski definition) is 4. The summed E-state index contributed by atoms with van der Waals surface area (Å²) in [5.41, 5.74) is 1.62. The number of methoxy groups -OCH3 is 1. The van der Waals surface area contributed by atoms with E-state index < -0.39 is 15.8 Å². The van der Waals surface area contributed by atoms with Crippen LogP contribution in [0.3, 0.4) is 0 Å². The molecular weight excluding hydrogens is 364 g/mol. The first-order valence-electron chi connectivity index (χ1n) is 7.23. The molecule has 2 aromatic rings. The summed E-state index contributed by atoms with van der Waals surface area (Å²) in [6, 6.07) is 10.8. The lowest BCUT2D eigenvalue weighted by Gasteiger charge is -2.11. The number of sulfone groups is 1. The molecule has 1 N–H and O–H groups in total. The van der Waals surface area contributed by atoms with E-state index in [4.69, 9.17) is 16.3 Å². The van der Waals surface area contributed by atoms with Gasteiger partial charge in [-0.25, -0.2) is 13.2 Å². The fourth-order valence-corrected chi connectivity index (χ4v) is 3.31. The van der Waals surface area contributed by atoms with Crippen LogP contribution in [0.5, 0.6) is 5.75 Å². The van der Waals surface area contributed by atoms with E-state index in [9.17, 15) is 18.3 Å². The highest BCUT2D eigenvalue weighted by Crippen LogP contribution is 2.32. The van der Waals surface area contributed by atoms with Gasteiger partial charge in [-0.2, -0.15) is 0 Å². The molecule has 0 fully saturated rings. The molecule has 0 aliphatic carbocycles. The van der Waals surface area contributed by atoms with Crippen molar-refractivity contribution in [1.82, 2.24) is 0 Å². The van der Waals surface area contributed by atoms with Crippen molar-refractivity contribution >= 4 is 38.6 Å². The van der Waals surface area contributed by atoms with Crippen molar-refractivity contribution in [3.63, 3.8) is 0 Å². The number of carbonyl (C=O) groups is 1. The van der Waals surface area contributed by atoms with E-state index in [2.05, 4.69) is 0 Å². The molecule has 132 valence electrons. The summed E-state index contributed by atoms with van der Waals surface area (Å²) in [5.74, 6) is -0.656. The van der Waals surface area contributed by atoms with E-state index >= 15 is 0 Å². The summed E-state index contributed by atoms with van der Waals surface area (Å²) in [5, 5.41) is 9.94. The Morgan fingerprint density at radius 3 is 2.08 bits per heavy atom. The molecule has 0 amide bonds. The van der Waals surface area contributed by atoms with Crippen molar-refractivity contribution in [1.29, 1.82) is 0 Å². The quantitative estimate of drug-likeness (QED) is 0.630. The Kier molecular flexibility index (Phi) is 5.55. The number of rotatable bonds is 5. The van der Waals surface area contributed by atoms with Gasteiger partial charge in [0.15, 0.2) is 9.84 Å². The topological polar surface area (TPSA) is 80.7 Å². The third-order valence-corrected chi connectivity index (χ3v) is 5.17. The lowest BCUT2D eigenvalue weighted by molar-refractivity contribution is -0.130. The zero-order valence-electron chi connectivity index (χ0n) is 13.9. The minimum atomic E-state index is -3.31. The van der Waals surface area contributed by atoms with Gasteiger partial charge in [0, 0.05) is 6.26 Å². The molecule has 25 heavy (non-hydrogen) atoms. The molecule has 2 rings (SSSR count). The summed E-state index contributed by atoms with van der Waals surface area (Å²) in [6.07, 6.45) is 1.12. The summed E-state index contributed by atoms with van der Waals surface area (Å²) >= 11 is 6.09. The summed E-state index contributed by atoms with van der Waals surface area (Å²) < 4.78 is 28.2. The SMILES string of the molecule is COc1ccc(/C(C(=O)O)=C(/C)c2ccc(S(C)(=O)=O)cc2)cc1Cl. The Bertz CT molecular complexity index is 944. The molecule has 0 aromatic heterocycles. The highest BCUT2D eigenvalue weighted by molar-refractivity contribution is 7.90. The molecular formula is C18H17ClO5S. The van der Waals surface area contributed by atoms with E-state index in [1.54, 1.807) is 31.2 Å². The fourth-order valence-electron chi connectivity index (χ4n) is 2.42. The first kappa shape index (κ1) is 19.0. The molecule has 0 unspecified atom stereocenters. The second kappa shape index (κ2) is 7.29. The van der Waals surface area contributed by atoms with Gasteiger partial charge < -0.3 is 9.84 Å². The van der Waals surface area contributed by atoms with E-state index in [0.717, 1.165) is 6.26 Å². The van der Waals surface area contributed by atoms with Crippen LogP contribution in [0.25, 0.3) is 11.1 Å². The Morgan fingerprint density at radius 1 is 1.08 bits per heavy atom. The molecule has 0 spiro atoms. The smallest absolute Gasteiger partial charge is 0.336 e. The van der Waals surface area contributed by atoms with Gasteiger partial charge in [-0.3, -0.25) is 0 Å². The minimum absolute atomic E-state index is 0.0802. The normalized spacial score (nSPS) is 12.5. The number of benzene rings is 2. The maximum atomic E-state index is 11.8. The average Bonchev–Trinajstić information content (AvgIpc) is 2.54. The largest absolute Gasteiger partial charge is 0.495 e. The first-order valence-corrected chi connectivity index (χ1v) is 9.50. The molecule has 0 radical (unpaired) electrons. The molecule has 7 heteroatoms. The molecule has 0 aliphatic rings. The third-order valence-electron chi connectivity index (χ3n) is 3.74. The first-order chi connectivity index (χ1) is 11.6. The van der Waals surface area contributed by atoms with Crippen LogP contribution in [0.2, 0.25) is 5.02 Å². The van der Waals surface area contributed by atoms with Crippen LogP contribution >= 0.6 is 11.6 Å². The zero-order chi connectivity index (χ0) is 18.8. The van der Waals surface area contributed by atoms with Crippen LogP contribution < -0.4 is 4.74 Å². The second-order valence-electron chi connectivity index (χ2n) is 5.45. The standard InChI is InChI=1S/C18H17ClO5S/c1-11(12-4-7-14(8-5-12)25(3,22)23)17(18(20)21)13-6-9-16(24-2)15(19)10-13/h4-10H,1-3H3,(H,20,21)/b17-11+. The lowest BCUT2D eigenvalue weighted by atomic mass is 9.96. The zero-order valence-corrected chi connectivity index (χ0v) is 15.5. The van der Waals surface area contributed by atoms with Crippen molar-refractivity contribution in [3.8, 4) is 5.75 Å². The highest BCUT2D eigenvalue weighted by atomic mass is 35.5. The Labute approximate surface area is 151 Å². The van der Waals surface area contributed by atoms with Crippen molar-refractivity contribution in [2.24, 2.45) is 0 Å². The van der Waals surface area contributed by atoms with Crippen LogP contribution in [0.4, 0.5) is 0 Å². The number of carboxylic acid groups (broad SMARTS) is 1. The lowest BCUT2D eigenvalue weighted by Crippen LogP contribution is -2.03. The predicted molar refractivity (Wildman–Crippen MR) is 97.7 cm³/mol. The molecule has 0 heterocycles. The summed E-state index contributed by atoms with van der Waals surface area (Å²) in [6.45, 7) is 1.66. The van der Waals surface area contributed by atoms with Crippen LogP contribution in [0.15, 0.2) is 47.4 Å². The van der Waals surface area contributed by atoms with Gasteiger partial charge in [0.05, 0.1) is 22.6 Å². The Hall–Kier alpha value is -2.31. The molecule has 0 saturated carbocycles. The molecule has 0 bridgehead atoms. The summed E-state index contributed by atoms with van der Waals surface area (Å²) in [4.78, 5) is 12.0. The van der Waals surface area contributed by atoms with E-state index in [1.165, 1.54) is 25.3 Å². The van der Waals surface area contributed by atoms with Gasteiger partial charge >= 0.3 is 5.97 Å². The molecule has 2 aromatic carbocycles. The van der Waals surface area contributed by atoms with Crippen LogP contribution in [-0.2, 0) is 14.6 Å². The van der Waals surface area contributed by atoms with E-state index in [1.807, 2.05) is 0 Å². The number of hydrogen-bond donors (Lipinski definition) is 1. The van der Waals surface area contributed by atoms with Crippen LogP contribution in [0, 0.1) is 0 Å². The number of aliphatic carboxylic acids is 1. The Balaban J connectivity index is 2.58. The Morgan fingerprint density at radius 2 is 1.64 bits per heavy atom. The number of ether oxygens (including phenoxy) is 1. The second-order valence-corrected chi connectivity index (χ2v) is 7.87. The van der Waals surface area contributed by atoms with Crippen molar-refractivity contribution in [3.05, 3.63) is 58.6 Å². The van der Waals surface area contributed by atoms with Gasteiger partial charge in [0.2, 0.25) is 0 Å². The summed E-state index contributed by atoms with van der Waals surface area (Å²) in [7, 11) is -1.84. The maximum Gasteiger partial charge on any atom is 0.336 e. The molecule has 0 aliphatic heterocycles. The van der Waals surface area contributed by atoms with E-state index in [0.29, 0.717) is 27.5 Å². The predicted octanol–water partition coefficient (Wildman–Crippen LogP) is 3.77. The van der Waals surface area contributed by atoms with Gasteiger partial charge in [-0.15, -0.1) is 0 Å². The molecule has 0 saturated heterocycles. The monoisotopic (exact) mass is 380 g/mol. The van der Waals surface area contributed by atoms with Crippen LogP contribution in [-0.4, -0.2) is 32.9 Å².